The number of para-hydroxylation sites is 1. The molecule has 0 saturated carbocycles. The highest BCUT2D eigenvalue weighted by Crippen LogP contribution is 2.16. The van der Waals surface area contributed by atoms with Gasteiger partial charge in [0.15, 0.2) is 5.58 Å². The summed E-state index contributed by atoms with van der Waals surface area (Å²) in [5.74, 6) is -0.404. The molecule has 1 heterocycles. The number of nitrogens with one attached hydrogen (secondary N) is 2. The van der Waals surface area contributed by atoms with Crippen LogP contribution in [0.25, 0.3) is 11.1 Å². The Morgan fingerprint density at radius 2 is 2.12 bits per heavy atom. The Kier molecular flexibility index (Phi) is 2.59. The van der Waals surface area contributed by atoms with Crippen LogP contribution < -0.4 is 11.1 Å². The maximum atomic E-state index is 11.1. The second kappa shape index (κ2) is 3.79. The van der Waals surface area contributed by atoms with Gasteiger partial charge in [0.1, 0.15) is 0 Å². The summed E-state index contributed by atoms with van der Waals surface area (Å²) in [7, 11) is 0. The minimum atomic E-state index is -0.404. The van der Waals surface area contributed by atoms with E-state index in [0.29, 0.717) is 12.1 Å². The van der Waals surface area contributed by atoms with Gasteiger partial charge in [-0.3, -0.25) is 4.98 Å². The fourth-order valence-corrected chi connectivity index (χ4v) is 1.53. The van der Waals surface area contributed by atoms with Crippen LogP contribution in [0.15, 0.2) is 27.4 Å². The maximum absolute atomic E-state index is 11.1. The number of hydrogen-bond acceptors (Lipinski definition) is 3. The van der Waals surface area contributed by atoms with Crippen LogP contribution >= 0.6 is 0 Å². The Morgan fingerprint density at radius 3 is 2.81 bits per heavy atom. The predicted molar refractivity (Wildman–Crippen MR) is 63.4 cm³/mol. The maximum Gasteiger partial charge on any atom is 0.417 e. The first-order valence-electron chi connectivity index (χ1n) is 5.31. The van der Waals surface area contributed by atoms with Crippen molar-refractivity contribution >= 4 is 11.1 Å². The van der Waals surface area contributed by atoms with Crippen molar-refractivity contribution in [3.8, 4) is 0 Å². The second-order valence-corrected chi connectivity index (χ2v) is 4.91. The summed E-state index contributed by atoms with van der Waals surface area (Å²) in [5.41, 5.74) is 2.42. The SMILES string of the molecule is CC(C)(C)NCc1cccc2[nH]c(=O)oc12. The molecule has 0 aliphatic rings. The minimum Gasteiger partial charge on any atom is -0.408 e. The monoisotopic (exact) mass is 220 g/mol. The van der Waals surface area contributed by atoms with Gasteiger partial charge >= 0.3 is 5.76 Å². The van der Waals surface area contributed by atoms with E-state index in [-0.39, 0.29) is 5.54 Å². The molecule has 86 valence electrons. The topological polar surface area (TPSA) is 58.0 Å². The number of oxazole rings is 1. The van der Waals surface area contributed by atoms with Gasteiger partial charge in [-0.1, -0.05) is 12.1 Å². The Hall–Kier alpha value is -1.55. The third kappa shape index (κ3) is 2.33. The van der Waals surface area contributed by atoms with Gasteiger partial charge in [0, 0.05) is 17.6 Å². The summed E-state index contributed by atoms with van der Waals surface area (Å²) < 4.78 is 5.11. The number of H-pyrrole nitrogens is 1. The highest BCUT2D eigenvalue weighted by atomic mass is 16.4. The Morgan fingerprint density at radius 1 is 1.38 bits per heavy atom. The van der Waals surface area contributed by atoms with E-state index in [1.807, 2.05) is 18.2 Å². The summed E-state index contributed by atoms with van der Waals surface area (Å²) in [6.07, 6.45) is 0. The molecule has 0 unspecified atom stereocenters. The molecule has 0 aliphatic carbocycles. The quantitative estimate of drug-likeness (QED) is 0.814. The van der Waals surface area contributed by atoms with E-state index in [2.05, 4.69) is 31.1 Å². The Balaban J connectivity index is 2.33. The Bertz CT molecular complexity index is 546. The molecule has 16 heavy (non-hydrogen) atoms. The molecule has 0 amide bonds. The first kappa shape index (κ1) is 11.0. The average molecular weight is 220 g/mol. The largest absolute Gasteiger partial charge is 0.417 e. The van der Waals surface area contributed by atoms with Crippen molar-refractivity contribution in [1.29, 1.82) is 0 Å². The van der Waals surface area contributed by atoms with E-state index in [1.54, 1.807) is 0 Å². The van der Waals surface area contributed by atoms with E-state index in [0.717, 1.165) is 11.1 Å². The molecule has 2 aromatic rings. The zero-order valence-corrected chi connectivity index (χ0v) is 9.76. The second-order valence-electron chi connectivity index (χ2n) is 4.91. The molecule has 0 radical (unpaired) electrons. The van der Waals surface area contributed by atoms with Gasteiger partial charge in [-0.2, -0.15) is 0 Å². The lowest BCUT2D eigenvalue weighted by molar-refractivity contribution is 0.423. The van der Waals surface area contributed by atoms with E-state index in [1.165, 1.54) is 0 Å². The summed E-state index contributed by atoms with van der Waals surface area (Å²) in [6, 6.07) is 5.70. The van der Waals surface area contributed by atoms with Crippen LogP contribution in [0.5, 0.6) is 0 Å². The zero-order chi connectivity index (χ0) is 11.8. The fraction of sp³-hybridized carbons (Fsp3) is 0.417. The van der Waals surface area contributed by atoms with Crippen LogP contribution in [0.3, 0.4) is 0 Å². The number of aromatic amines is 1. The van der Waals surface area contributed by atoms with Crippen LogP contribution in [0.4, 0.5) is 0 Å². The molecule has 0 saturated heterocycles. The third-order valence-electron chi connectivity index (χ3n) is 2.34. The molecule has 0 fully saturated rings. The van der Waals surface area contributed by atoms with E-state index in [9.17, 15) is 4.79 Å². The van der Waals surface area contributed by atoms with E-state index >= 15 is 0 Å². The zero-order valence-electron chi connectivity index (χ0n) is 9.76. The molecule has 4 heteroatoms. The van der Waals surface area contributed by atoms with Crippen molar-refractivity contribution in [3.05, 3.63) is 34.3 Å². The molecule has 2 rings (SSSR count). The van der Waals surface area contributed by atoms with Gasteiger partial charge in [-0.15, -0.1) is 0 Å². The first-order valence-corrected chi connectivity index (χ1v) is 5.31. The summed E-state index contributed by atoms with van der Waals surface area (Å²) in [4.78, 5) is 13.7. The highest BCUT2D eigenvalue weighted by Gasteiger charge is 2.11. The molecular weight excluding hydrogens is 204 g/mol. The number of rotatable bonds is 2. The molecular formula is C12H16N2O2. The molecule has 4 nitrogen and oxygen atoms in total. The van der Waals surface area contributed by atoms with Crippen molar-refractivity contribution in [2.75, 3.05) is 0 Å². The normalized spacial score (nSPS) is 12.2. The van der Waals surface area contributed by atoms with Gasteiger partial charge in [-0.25, -0.2) is 4.79 Å². The summed E-state index contributed by atoms with van der Waals surface area (Å²) in [5, 5.41) is 3.36. The van der Waals surface area contributed by atoms with Gasteiger partial charge in [0.2, 0.25) is 0 Å². The average Bonchev–Trinajstić information content (AvgIpc) is 2.54. The predicted octanol–water partition coefficient (Wildman–Crippen LogP) is 2.01. The van der Waals surface area contributed by atoms with Crippen molar-refractivity contribution in [2.45, 2.75) is 32.9 Å². The Labute approximate surface area is 93.7 Å². The van der Waals surface area contributed by atoms with Crippen molar-refractivity contribution in [1.82, 2.24) is 10.3 Å². The number of hydrogen-bond donors (Lipinski definition) is 2. The van der Waals surface area contributed by atoms with E-state index < -0.39 is 5.76 Å². The van der Waals surface area contributed by atoms with Crippen molar-refractivity contribution in [2.24, 2.45) is 0 Å². The molecule has 0 aliphatic heterocycles. The number of benzene rings is 1. The van der Waals surface area contributed by atoms with Gasteiger partial charge in [0.05, 0.1) is 5.52 Å². The number of aromatic nitrogens is 1. The van der Waals surface area contributed by atoms with Gasteiger partial charge in [0.25, 0.3) is 0 Å². The van der Waals surface area contributed by atoms with Crippen LogP contribution in [-0.4, -0.2) is 10.5 Å². The summed E-state index contributed by atoms with van der Waals surface area (Å²) in [6.45, 7) is 6.98. The minimum absolute atomic E-state index is 0.0404. The molecule has 1 aromatic heterocycles. The smallest absolute Gasteiger partial charge is 0.408 e. The van der Waals surface area contributed by atoms with Crippen molar-refractivity contribution in [3.63, 3.8) is 0 Å². The summed E-state index contributed by atoms with van der Waals surface area (Å²) >= 11 is 0. The number of fused-ring (bicyclic) bond motifs is 1. The molecule has 0 spiro atoms. The van der Waals surface area contributed by atoms with E-state index in [4.69, 9.17) is 4.42 Å². The lowest BCUT2D eigenvalue weighted by Crippen LogP contribution is -2.35. The molecule has 0 atom stereocenters. The fourth-order valence-electron chi connectivity index (χ4n) is 1.53. The van der Waals surface area contributed by atoms with Crippen LogP contribution in [0.2, 0.25) is 0 Å². The van der Waals surface area contributed by atoms with Gasteiger partial charge < -0.3 is 9.73 Å². The molecule has 0 bridgehead atoms. The van der Waals surface area contributed by atoms with Gasteiger partial charge in [-0.05, 0) is 26.8 Å². The highest BCUT2D eigenvalue weighted by molar-refractivity contribution is 5.75. The van der Waals surface area contributed by atoms with Crippen molar-refractivity contribution < 1.29 is 4.42 Å². The van der Waals surface area contributed by atoms with Crippen LogP contribution in [-0.2, 0) is 6.54 Å². The lowest BCUT2D eigenvalue weighted by atomic mass is 10.1. The molecule has 1 aromatic carbocycles. The first-order chi connectivity index (χ1) is 7.46. The standard InChI is InChI=1S/C12H16N2O2/c1-12(2,3)13-7-8-5-4-6-9-10(8)16-11(15)14-9/h4-6,13H,7H2,1-3H3,(H,14,15). The lowest BCUT2D eigenvalue weighted by Gasteiger charge is -2.20. The molecule has 2 N–H and O–H groups in total. The third-order valence-corrected chi connectivity index (χ3v) is 2.34. The van der Waals surface area contributed by atoms with Crippen LogP contribution in [0, 0.1) is 0 Å². The van der Waals surface area contributed by atoms with Crippen LogP contribution in [0.1, 0.15) is 26.3 Å².